The lowest BCUT2D eigenvalue weighted by Crippen LogP contribution is -2.59. The summed E-state index contributed by atoms with van der Waals surface area (Å²) >= 11 is 1.62. The molecule has 33 heavy (non-hydrogen) atoms. The number of thioether (sulfide) groups is 1. The number of carbonyl (C=O) groups is 3. The number of carbonyl (C=O) groups excluding carboxylic acids is 3. The SMILES string of the molecule is C=CCCOC(=O)[C@@H]1[C@@H]2CCC3(S2)C(C(=O)N(CC=C)C(C)C)N([C@@H](CO)C(C)C)C(=O)[C@H]13. The van der Waals surface area contributed by atoms with E-state index >= 15 is 0 Å². The van der Waals surface area contributed by atoms with Crippen LogP contribution < -0.4 is 0 Å². The first-order valence-corrected chi connectivity index (χ1v) is 12.8. The van der Waals surface area contributed by atoms with Gasteiger partial charge in [-0.3, -0.25) is 14.4 Å². The lowest BCUT2D eigenvalue weighted by atomic mass is 9.71. The Balaban J connectivity index is 2.06. The van der Waals surface area contributed by atoms with Crippen molar-refractivity contribution in [1.29, 1.82) is 0 Å². The van der Waals surface area contributed by atoms with Gasteiger partial charge in [0.25, 0.3) is 0 Å². The first-order valence-electron chi connectivity index (χ1n) is 12.0. The molecule has 0 saturated carbocycles. The van der Waals surface area contributed by atoms with Crippen LogP contribution in [-0.2, 0) is 19.1 Å². The maximum Gasteiger partial charge on any atom is 0.310 e. The number of aliphatic hydroxyl groups excluding tert-OH is 1. The zero-order valence-electron chi connectivity index (χ0n) is 20.2. The molecule has 3 aliphatic rings. The Morgan fingerprint density at radius 3 is 2.55 bits per heavy atom. The summed E-state index contributed by atoms with van der Waals surface area (Å²) in [5.41, 5.74) is 0. The van der Waals surface area contributed by atoms with Crippen LogP contribution in [0.2, 0.25) is 0 Å². The molecule has 7 nitrogen and oxygen atoms in total. The van der Waals surface area contributed by atoms with Gasteiger partial charge in [0.2, 0.25) is 11.8 Å². The number of hydrogen-bond acceptors (Lipinski definition) is 6. The molecule has 2 unspecified atom stereocenters. The molecule has 2 amide bonds. The van der Waals surface area contributed by atoms with Crippen LogP contribution in [0.25, 0.3) is 0 Å². The summed E-state index contributed by atoms with van der Waals surface area (Å²) in [6.45, 7) is 15.6. The zero-order chi connectivity index (χ0) is 24.5. The molecule has 1 N–H and O–H groups in total. The third-order valence-corrected chi connectivity index (χ3v) is 9.31. The van der Waals surface area contributed by atoms with Crippen molar-refractivity contribution in [2.45, 2.75) is 75.1 Å². The Kier molecular flexibility index (Phi) is 7.99. The summed E-state index contributed by atoms with van der Waals surface area (Å²) in [5, 5.41) is 10.2. The van der Waals surface area contributed by atoms with Gasteiger partial charge in [0.1, 0.15) is 6.04 Å². The maximum atomic E-state index is 14.1. The van der Waals surface area contributed by atoms with E-state index in [1.807, 2.05) is 27.7 Å². The Hall–Kier alpha value is -1.80. The number of nitrogens with zero attached hydrogens (tertiary/aromatic N) is 2. The van der Waals surface area contributed by atoms with Gasteiger partial charge in [0.15, 0.2) is 0 Å². The van der Waals surface area contributed by atoms with Crippen LogP contribution in [0.15, 0.2) is 25.3 Å². The van der Waals surface area contributed by atoms with Gasteiger partial charge in [-0.05, 0) is 39.0 Å². The van der Waals surface area contributed by atoms with Gasteiger partial charge in [-0.1, -0.05) is 26.0 Å². The first-order chi connectivity index (χ1) is 15.7. The summed E-state index contributed by atoms with van der Waals surface area (Å²) in [7, 11) is 0. The van der Waals surface area contributed by atoms with E-state index in [1.54, 1.807) is 33.7 Å². The smallest absolute Gasteiger partial charge is 0.310 e. The van der Waals surface area contributed by atoms with Crippen molar-refractivity contribution in [3.05, 3.63) is 25.3 Å². The summed E-state index contributed by atoms with van der Waals surface area (Å²) in [5.74, 6) is -1.93. The third kappa shape index (κ3) is 4.25. The number of ether oxygens (including phenoxy) is 1. The molecule has 0 aromatic carbocycles. The van der Waals surface area contributed by atoms with Gasteiger partial charge in [-0.25, -0.2) is 0 Å². The van der Waals surface area contributed by atoms with Gasteiger partial charge in [-0.2, -0.15) is 0 Å². The van der Waals surface area contributed by atoms with Crippen LogP contribution in [-0.4, -0.2) is 80.6 Å². The predicted octanol–water partition coefficient (Wildman–Crippen LogP) is 2.64. The largest absolute Gasteiger partial charge is 0.465 e. The molecular weight excluding hydrogens is 440 g/mol. The van der Waals surface area contributed by atoms with Gasteiger partial charge >= 0.3 is 5.97 Å². The molecule has 3 heterocycles. The second-order valence-electron chi connectivity index (χ2n) is 9.91. The van der Waals surface area contributed by atoms with E-state index in [0.717, 1.165) is 6.42 Å². The van der Waals surface area contributed by atoms with Crippen molar-refractivity contribution < 1.29 is 24.2 Å². The predicted molar refractivity (Wildman–Crippen MR) is 129 cm³/mol. The molecule has 6 atom stereocenters. The van der Waals surface area contributed by atoms with E-state index in [0.29, 0.717) is 19.4 Å². The lowest BCUT2D eigenvalue weighted by molar-refractivity contribution is -0.154. The maximum absolute atomic E-state index is 14.1. The first kappa shape index (κ1) is 25.8. The molecule has 0 aliphatic carbocycles. The molecule has 3 rings (SSSR count). The molecule has 3 saturated heterocycles. The highest BCUT2D eigenvalue weighted by Gasteiger charge is 2.75. The van der Waals surface area contributed by atoms with E-state index in [9.17, 15) is 19.5 Å². The Morgan fingerprint density at radius 1 is 1.30 bits per heavy atom. The fraction of sp³-hybridized carbons (Fsp3) is 0.720. The highest BCUT2D eigenvalue weighted by molar-refractivity contribution is 8.02. The molecule has 0 aromatic rings. The molecule has 8 heteroatoms. The average Bonchev–Trinajstić information content (AvgIpc) is 3.40. The van der Waals surface area contributed by atoms with E-state index in [1.165, 1.54) is 0 Å². The summed E-state index contributed by atoms with van der Waals surface area (Å²) in [4.78, 5) is 44.5. The second kappa shape index (κ2) is 10.2. The normalized spacial score (nSPS) is 31.1. The third-order valence-electron chi connectivity index (χ3n) is 7.36. The van der Waals surface area contributed by atoms with E-state index in [-0.39, 0.29) is 48.2 Å². The molecule has 2 bridgehead atoms. The Labute approximate surface area is 201 Å². The van der Waals surface area contributed by atoms with Gasteiger partial charge < -0.3 is 19.6 Å². The molecule has 184 valence electrons. The fourth-order valence-corrected chi connectivity index (χ4v) is 7.99. The second-order valence-corrected chi connectivity index (χ2v) is 11.5. The molecule has 3 fully saturated rings. The summed E-state index contributed by atoms with van der Waals surface area (Å²) in [6.07, 6.45) is 5.40. The molecule has 0 aromatic heterocycles. The fourth-order valence-electron chi connectivity index (χ4n) is 5.81. The number of hydrogen-bond donors (Lipinski definition) is 1. The van der Waals surface area contributed by atoms with Crippen LogP contribution in [0.3, 0.4) is 0 Å². The quantitative estimate of drug-likeness (QED) is 0.279. The van der Waals surface area contributed by atoms with Crippen LogP contribution >= 0.6 is 11.8 Å². The van der Waals surface area contributed by atoms with Crippen molar-refractivity contribution in [2.24, 2.45) is 17.8 Å². The minimum Gasteiger partial charge on any atom is -0.465 e. The van der Waals surface area contributed by atoms with Gasteiger partial charge in [0, 0.05) is 17.8 Å². The highest BCUT2D eigenvalue weighted by atomic mass is 32.2. The summed E-state index contributed by atoms with van der Waals surface area (Å²) < 4.78 is 4.83. The molecule has 0 radical (unpaired) electrons. The standard InChI is InChI=1S/C25H38N2O5S/c1-7-9-13-32-24(31)19-18-10-11-25(33-18)20(19)22(29)27(17(14-28)15(3)4)21(25)23(30)26(12-8-2)16(5)6/h7-8,15-21,28H,1-2,9-14H2,3-6H3/t17-,18-,19+,20-,21?,25?/m0/s1. The van der Waals surface area contributed by atoms with Crippen molar-refractivity contribution in [3.63, 3.8) is 0 Å². The van der Waals surface area contributed by atoms with Crippen molar-refractivity contribution in [3.8, 4) is 0 Å². The van der Waals surface area contributed by atoms with Crippen LogP contribution in [0.1, 0.15) is 47.0 Å². The minimum atomic E-state index is -0.724. The van der Waals surface area contributed by atoms with Crippen LogP contribution in [0, 0.1) is 17.8 Å². The number of likely N-dealkylation sites (tertiary alicyclic amines) is 1. The number of aliphatic hydroxyl groups is 1. The summed E-state index contributed by atoms with van der Waals surface area (Å²) in [6, 6.07) is -1.29. The van der Waals surface area contributed by atoms with E-state index in [2.05, 4.69) is 13.2 Å². The number of esters is 1. The lowest BCUT2D eigenvalue weighted by Gasteiger charge is -2.41. The minimum absolute atomic E-state index is 0.0360. The Bertz CT molecular complexity index is 800. The van der Waals surface area contributed by atoms with Crippen LogP contribution in [0.4, 0.5) is 0 Å². The monoisotopic (exact) mass is 478 g/mol. The molecular formula is C25H38N2O5S. The molecule has 1 spiro atoms. The number of amides is 2. The highest BCUT2D eigenvalue weighted by Crippen LogP contribution is 2.67. The molecule has 3 aliphatic heterocycles. The van der Waals surface area contributed by atoms with Crippen molar-refractivity contribution in [2.75, 3.05) is 19.8 Å². The number of rotatable bonds is 11. The van der Waals surface area contributed by atoms with E-state index in [4.69, 9.17) is 4.74 Å². The van der Waals surface area contributed by atoms with Gasteiger partial charge in [0.05, 0.1) is 35.8 Å². The van der Waals surface area contributed by atoms with Crippen molar-refractivity contribution in [1.82, 2.24) is 9.80 Å². The van der Waals surface area contributed by atoms with Gasteiger partial charge in [-0.15, -0.1) is 24.9 Å². The van der Waals surface area contributed by atoms with E-state index < -0.39 is 28.7 Å². The number of fused-ring (bicyclic) bond motifs is 1. The van der Waals surface area contributed by atoms with Crippen LogP contribution in [0.5, 0.6) is 0 Å². The average molecular weight is 479 g/mol. The topological polar surface area (TPSA) is 87.2 Å². The zero-order valence-corrected chi connectivity index (χ0v) is 21.1. The Morgan fingerprint density at radius 2 is 2.00 bits per heavy atom. The van der Waals surface area contributed by atoms with Crippen molar-refractivity contribution >= 4 is 29.5 Å².